The van der Waals surface area contributed by atoms with Crippen molar-refractivity contribution in [2.75, 3.05) is 0 Å². The van der Waals surface area contributed by atoms with Gasteiger partial charge < -0.3 is 0 Å². The van der Waals surface area contributed by atoms with Crippen LogP contribution in [0.25, 0.3) is 0 Å². The topological polar surface area (TPSA) is 40.9 Å². The summed E-state index contributed by atoms with van der Waals surface area (Å²) in [6.07, 6.45) is 1.84. The highest BCUT2D eigenvalue weighted by Gasteiger charge is 2.33. The van der Waals surface area contributed by atoms with Gasteiger partial charge in [-0.25, -0.2) is 0 Å². The molecule has 0 bridgehead atoms. The van der Waals surface area contributed by atoms with Crippen molar-refractivity contribution in [2.45, 2.75) is 19.8 Å². The second kappa shape index (κ2) is 2.18. The van der Waals surface area contributed by atoms with Crippen molar-refractivity contribution in [1.29, 1.82) is 5.26 Å². The lowest BCUT2D eigenvalue weighted by Crippen LogP contribution is -2.30. The average molecular weight is 123 g/mol. The van der Waals surface area contributed by atoms with E-state index in [9.17, 15) is 4.79 Å². The molecule has 0 radical (unpaired) electrons. The summed E-state index contributed by atoms with van der Waals surface area (Å²) in [4.78, 5) is 10.6. The molecule has 2 atom stereocenters. The summed E-state index contributed by atoms with van der Waals surface area (Å²) in [6.45, 7) is 1.56. The van der Waals surface area contributed by atoms with Crippen LogP contribution in [0.2, 0.25) is 0 Å². The zero-order valence-corrected chi connectivity index (χ0v) is 5.42. The Morgan fingerprint density at radius 2 is 2.33 bits per heavy atom. The molecule has 1 saturated carbocycles. The van der Waals surface area contributed by atoms with E-state index in [1.54, 1.807) is 6.92 Å². The molecule has 1 fully saturated rings. The molecule has 1 aliphatic rings. The largest absolute Gasteiger partial charge is 0.300 e. The Morgan fingerprint density at radius 1 is 1.67 bits per heavy atom. The Morgan fingerprint density at radius 3 is 2.44 bits per heavy atom. The Balaban J connectivity index is 2.47. The van der Waals surface area contributed by atoms with Crippen LogP contribution in [-0.4, -0.2) is 5.78 Å². The number of hydrogen-bond acceptors (Lipinski definition) is 2. The van der Waals surface area contributed by atoms with E-state index in [4.69, 9.17) is 5.26 Å². The van der Waals surface area contributed by atoms with Gasteiger partial charge in [-0.3, -0.25) is 4.79 Å². The van der Waals surface area contributed by atoms with E-state index in [0.717, 1.165) is 12.8 Å². The number of carbonyl (C=O) groups is 1. The normalized spacial score (nSPS) is 32.4. The van der Waals surface area contributed by atoms with Crippen LogP contribution in [0.1, 0.15) is 19.8 Å². The van der Waals surface area contributed by atoms with Crippen LogP contribution >= 0.6 is 0 Å². The lowest BCUT2D eigenvalue weighted by Gasteiger charge is -2.28. The molecule has 2 heteroatoms. The molecule has 0 aromatic heterocycles. The van der Waals surface area contributed by atoms with Crippen LogP contribution in [0.5, 0.6) is 0 Å². The maximum atomic E-state index is 10.6. The maximum absolute atomic E-state index is 10.6. The van der Waals surface area contributed by atoms with E-state index in [-0.39, 0.29) is 17.6 Å². The average Bonchev–Trinajstić information content (AvgIpc) is 1.61. The summed E-state index contributed by atoms with van der Waals surface area (Å²) in [5.41, 5.74) is 0. The van der Waals surface area contributed by atoms with Gasteiger partial charge in [0.15, 0.2) is 0 Å². The number of carbonyl (C=O) groups excluding carboxylic acids is 1. The van der Waals surface area contributed by atoms with Gasteiger partial charge in [0.2, 0.25) is 0 Å². The van der Waals surface area contributed by atoms with Crippen LogP contribution in [0.4, 0.5) is 0 Å². The maximum Gasteiger partial charge on any atom is 0.134 e. The van der Waals surface area contributed by atoms with E-state index in [1.165, 1.54) is 0 Å². The molecule has 0 heterocycles. The van der Waals surface area contributed by atoms with Gasteiger partial charge in [-0.05, 0) is 19.8 Å². The Labute approximate surface area is 54.5 Å². The molecule has 9 heavy (non-hydrogen) atoms. The fourth-order valence-electron chi connectivity index (χ4n) is 1.14. The molecule has 1 aliphatic carbocycles. The highest BCUT2D eigenvalue weighted by Crippen LogP contribution is 2.33. The van der Waals surface area contributed by atoms with E-state index in [1.807, 2.05) is 0 Å². The van der Waals surface area contributed by atoms with E-state index < -0.39 is 0 Å². The fraction of sp³-hybridized carbons (Fsp3) is 0.714. The van der Waals surface area contributed by atoms with Crippen LogP contribution in [-0.2, 0) is 4.79 Å². The molecular formula is C7H9NO. The molecule has 0 N–H and O–H groups in total. The molecule has 0 aromatic rings. The van der Waals surface area contributed by atoms with Crippen LogP contribution in [0.3, 0.4) is 0 Å². The molecule has 2 nitrogen and oxygen atoms in total. The van der Waals surface area contributed by atoms with Crippen LogP contribution in [0.15, 0.2) is 0 Å². The number of ketones is 1. The number of nitrogens with zero attached hydrogens (tertiary/aromatic N) is 1. The molecule has 48 valence electrons. The molecule has 0 aliphatic heterocycles. The number of Topliss-reactive ketones (excluding diaryl/α,β-unsaturated/α-hetero) is 1. The van der Waals surface area contributed by atoms with Crippen LogP contribution < -0.4 is 0 Å². The molecular weight excluding hydrogens is 114 g/mol. The Hall–Kier alpha value is -0.840. The first-order valence-corrected chi connectivity index (χ1v) is 3.15. The number of nitriles is 1. The van der Waals surface area contributed by atoms with Gasteiger partial charge in [0.25, 0.3) is 0 Å². The smallest absolute Gasteiger partial charge is 0.134 e. The van der Waals surface area contributed by atoms with Gasteiger partial charge >= 0.3 is 0 Å². The molecule has 0 amide bonds. The minimum Gasteiger partial charge on any atom is -0.300 e. The third-order valence-corrected chi connectivity index (χ3v) is 1.96. The first kappa shape index (κ1) is 6.28. The quantitative estimate of drug-likeness (QED) is 0.524. The predicted molar refractivity (Wildman–Crippen MR) is 32.5 cm³/mol. The molecule has 0 spiro atoms. The van der Waals surface area contributed by atoms with Crippen molar-refractivity contribution < 1.29 is 4.79 Å². The minimum absolute atomic E-state index is 0.0301. The van der Waals surface area contributed by atoms with Gasteiger partial charge in [0, 0.05) is 5.92 Å². The monoisotopic (exact) mass is 123 g/mol. The third-order valence-electron chi connectivity index (χ3n) is 1.96. The lowest BCUT2D eigenvalue weighted by molar-refractivity contribution is -0.124. The van der Waals surface area contributed by atoms with E-state index in [0.29, 0.717) is 0 Å². The van der Waals surface area contributed by atoms with Gasteiger partial charge in [-0.15, -0.1) is 0 Å². The molecule has 0 unspecified atom stereocenters. The summed E-state index contributed by atoms with van der Waals surface area (Å²) in [5.74, 6) is 0.269. The van der Waals surface area contributed by atoms with Crippen molar-refractivity contribution in [3.05, 3.63) is 0 Å². The molecule has 1 rings (SSSR count). The second-order valence-corrected chi connectivity index (χ2v) is 2.53. The predicted octanol–water partition coefficient (Wildman–Crippen LogP) is 1.13. The van der Waals surface area contributed by atoms with Crippen molar-refractivity contribution in [3.8, 4) is 6.07 Å². The van der Waals surface area contributed by atoms with Crippen molar-refractivity contribution >= 4 is 5.78 Å². The van der Waals surface area contributed by atoms with E-state index in [2.05, 4.69) is 6.07 Å². The zero-order valence-electron chi connectivity index (χ0n) is 5.42. The molecule has 0 saturated heterocycles. The lowest BCUT2D eigenvalue weighted by atomic mass is 9.73. The number of hydrogen-bond donors (Lipinski definition) is 0. The zero-order chi connectivity index (χ0) is 6.85. The van der Waals surface area contributed by atoms with Crippen molar-refractivity contribution in [3.63, 3.8) is 0 Å². The molecule has 0 aromatic carbocycles. The third kappa shape index (κ3) is 0.951. The Bertz CT molecular complexity index is 168. The highest BCUT2D eigenvalue weighted by molar-refractivity contribution is 5.79. The Kier molecular flexibility index (Phi) is 1.52. The van der Waals surface area contributed by atoms with Gasteiger partial charge in [-0.2, -0.15) is 5.26 Å². The fourth-order valence-corrected chi connectivity index (χ4v) is 1.14. The SMILES string of the molecule is CC(=O)[C@H]1CC[C@@H]1C#N. The summed E-state index contributed by atoms with van der Waals surface area (Å²) in [6, 6.07) is 2.11. The first-order chi connectivity index (χ1) is 4.25. The van der Waals surface area contributed by atoms with E-state index >= 15 is 0 Å². The summed E-state index contributed by atoms with van der Waals surface area (Å²) < 4.78 is 0. The van der Waals surface area contributed by atoms with Crippen LogP contribution in [0, 0.1) is 23.2 Å². The van der Waals surface area contributed by atoms with Gasteiger partial charge in [-0.1, -0.05) is 0 Å². The van der Waals surface area contributed by atoms with Crippen molar-refractivity contribution in [1.82, 2.24) is 0 Å². The minimum atomic E-state index is 0.0301. The second-order valence-electron chi connectivity index (χ2n) is 2.53. The number of rotatable bonds is 1. The summed E-state index contributed by atoms with van der Waals surface area (Å²) in [5, 5.41) is 8.40. The van der Waals surface area contributed by atoms with Gasteiger partial charge in [0.1, 0.15) is 5.78 Å². The highest BCUT2D eigenvalue weighted by atomic mass is 16.1. The van der Waals surface area contributed by atoms with Gasteiger partial charge in [0.05, 0.1) is 12.0 Å². The summed E-state index contributed by atoms with van der Waals surface area (Å²) >= 11 is 0. The standard InChI is InChI=1S/C7H9NO/c1-5(9)7-3-2-6(7)4-8/h6-7H,2-3H2,1H3/t6-,7-/m1/s1. The summed E-state index contributed by atoms with van der Waals surface area (Å²) in [7, 11) is 0. The first-order valence-electron chi connectivity index (χ1n) is 3.15. The van der Waals surface area contributed by atoms with Crippen molar-refractivity contribution in [2.24, 2.45) is 11.8 Å².